The van der Waals surface area contributed by atoms with E-state index in [1.54, 1.807) is 6.33 Å². The maximum atomic E-state index is 12.2. The third-order valence-electron chi connectivity index (χ3n) is 4.23. The average Bonchev–Trinajstić information content (AvgIpc) is 3.13. The number of rotatable bonds is 9. The van der Waals surface area contributed by atoms with Gasteiger partial charge in [-0.15, -0.1) is 6.58 Å². The third kappa shape index (κ3) is 4.65. The van der Waals surface area contributed by atoms with Crippen molar-refractivity contribution >= 4 is 27.0 Å². The molecular weight excluding hydrogens is 376 g/mol. The fourth-order valence-electron chi connectivity index (χ4n) is 2.78. The van der Waals surface area contributed by atoms with E-state index in [9.17, 15) is 13.2 Å². The Morgan fingerprint density at radius 1 is 1.14 bits per heavy atom. The van der Waals surface area contributed by atoms with Crippen LogP contribution in [0, 0.1) is 0 Å². The van der Waals surface area contributed by atoms with E-state index in [1.165, 1.54) is 30.3 Å². The standard InChI is InChI=1S/C20H22N4O3S/c1-2-12-23-28(26,27)17-10-8-16(9-11-17)20(25)21-13-5-14-24-15-22-18-6-3-4-7-19(18)24/h2-4,6-11,15,23H,1,5,12-14H2,(H,21,25). The number of carbonyl (C=O) groups is 1. The molecule has 2 N–H and O–H groups in total. The Kier molecular flexibility index (Phi) is 6.23. The van der Waals surface area contributed by atoms with Crippen LogP contribution in [-0.4, -0.2) is 37.0 Å². The van der Waals surface area contributed by atoms with Gasteiger partial charge in [-0.2, -0.15) is 0 Å². The van der Waals surface area contributed by atoms with Crippen molar-refractivity contribution in [3.8, 4) is 0 Å². The van der Waals surface area contributed by atoms with Gasteiger partial charge in [-0.25, -0.2) is 18.1 Å². The predicted molar refractivity (Wildman–Crippen MR) is 109 cm³/mol. The van der Waals surface area contributed by atoms with Crippen molar-refractivity contribution in [3.63, 3.8) is 0 Å². The maximum Gasteiger partial charge on any atom is 0.251 e. The minimum atomic E-state index is -3.59. The number of nitrogens with one attached hydrogen (secondary N) is 2. The first-order valence-corrected chi connectivity index (χ1v) is 10.4. The van der Waals surface area contributed by atoms with Crippen molar-refractivity contribution in [1.82, 2.24) is 19.6 Å². The zero-order valence-corrected chi connectivity index (χ0v) is 16.2. The third-order valence-corrected chi connectivity index (χ3v) is 5.67. The van der Waals surface area contributed by atoms with Crippen LogP contribution in [0.5, 0.6) is 0 Å². The summed E-state index contributed by atoms with van der Waals surface area (Å²) in [5, 5.41) is 2.85. The Labute approximate surface area is 164 Å². The summed E-state index contributed by atoms with van der Waals surface area (Å²) in [5.41, 5.74) is 2.43. The molecule has 3 rings (SSSR count). The van der Waals surface area contributed by atoms with Gasteiger partial charge < -0.3 is 9.88 Å². The highest BCUT2D eigenvalue weighted by molar-refractivity contribution is 7.89. The van der Waals surface area contributed by atoms with Crippen LogP contribution in [0.3, 0.4) is 0 Å². The molecule has 1 amide bonds. The van der Waals surface area contributed by atoms with Crippen molar-refractivity contribution in [1.29, 1.82) is 0 Å². The quantitative estimate of drug-likeness (QED) is 0.427. The van der Waals surface area contributed by atoms with Gasteiger partial charge in [-0.05, 0) is 42.8 Å². The lowest BCUT2D eigenvalue weighted by Gasteiger charge is -2.08. The normalized spacial score (nSPS) is 11.4. The van der Waals surface area contributed by atoms with Gasteiger partial charge >= 0.3 is 0 Å². The molecule has 1 heterocycles. The largest absolute Gasteiger partial charge is 0.352 e. The molecular formula is C20H22N4O3S. The summed E-state index contributed by atoms with van der Waals surface area (Å²) in [6, 6.07) is 13.7. The first-order valence-electron chi connectivity index (χ1n) is 8.90. The van der Waals surface area contributed by atoms with Crippen molar-refractivity contribution in [2.24, 2.45) is 0 Å². The van der Waals surface area contributed by atoms with Crippen LogP contribution in [0.15, 0.2) is 72.4 Å². The summed E-state index contributed by atoms with van der Waals surface area (Å²) in [4.78, 5) is 16.7. The molecule has 0 radical (unpaired) electrons. The number of aromatic nitrogens is 2. The first-order chi connectivity index (χ1) is 13.5. The fourth-order valence-corrected chi connectivity index (χ4v) is 3.78. The molecule has 0 spiro atoms. The molecule has 0 fully saturated rings. The topological polar surface area (TPSA) is 93.1 Å². The van der Waals surface area contributed by atoms with E-state index in [4.69, 9.17) is 0 Å². The van der Waals surface area contributed by atoms with Crippen LogP contribution in [0.1, 0.15) is 16.8 Å². The average molecular weight is 398 g/mol. The molecule has 0 atom stereocenters. The zero-order chi connectivity index (χ0) is 20.0. The van der Waals surface area contributed by atoms with Crippen LogP contribution in [0.4, 0.5) is 0 Å². The second-order valence-corrected chi connectivity index (χ2v) is 7.97. The Morgan fingerprint density at radius 2 is 1.89 bits per heavy atom. The number of imidazole rings is 1. The van der Waals surface area contributed by atoms with Gasteiger partial charge in [0, 0.05) is 25.2 Å². The minimum Gasteiger partial charge on any atom is -0.352 e. The number of hydrogen-bond donors (Lipinski definition) is 2. The molecule has 0 saturated heterocycles. The van der Waals surface area contributed by atoms with Gasteiger partial charge in [0.15, 0.2) is 0 Å². The summed E-state index contributed by atoms with van der Waals surface area (Å²) in [6.07, 6.45) is 4.02. The second-order valence-electron chi connectivity index (χ2n) is 6.20. The molecule has 3 aromatic rings. The smallest absolute Gasteiger partial charge is 0.251 e. The van der Waals surface area contributed by atoms with Gasteiger partial charge in [-0.3, -0.25) is 4.79 Å². The lowest BCUT2D eigenvalue weighted by atomic mass is 10.2. The van der Waals surface area contributed by atoms with E-state index in [2.05, 4.69) is 26.2 Å². The predicted octanol–water partition coefficient (Wildman–Crippen LogP) is 2.32. The SMILES string of the molecule is C=CCNS(=O)(=O)c1ccc(C(=O)NCCCn2cnc3ccccc32)cc1. The van der Waals surface area contributed by atoms with Crippen LogP contribution in [-0.2, 0) is 16.6 Å². The number of fused-ring (bicyclic) bond motifs is 1. The molecule has 0 aliphatic heterocycles. The molecule has 7 nitrogen and oxygen atoms in total. The number of benzene rings is 2. The van der Waals surface area contributed by atoms with Gasteiger partial charge in [0.2, 0.25) is 10.0 Å². The Morgan fingerprint density at radius 3 is 2.64 bits per heavy atom. The Balaban J connectivity index is 1.51. The van der Waals surface area contributed by atoms with E-state index in [1.807, 2.05) is 24.3 Å². The summed E-state index contributed by atoms with van der Waals surface area (Å²) in [5.74, 6) is -0.238. The van der Waals surface area contributed by atoms with E-state index < -0.39 is 10.0 Å². The van der Waals surface area contributed by atoms with Crippen LogP contribution >= 0.6 is 0 Å². The number of amides is 1. The molecule has 0 saturated carbocycles. The van der Waals surface area contributed by atoms with Crippen molar-refractivity contribution < 1.29 is 13.2 Å². The lowest BCUT2D eigenvalue weighted by molar-refractivity contribution is 0.0952. The zero-order valence-electron chi connectivity index (χ0n) is 15.3. The maximum absolute atomic E-state index is 12.2. The van der Waals surface area contributed by atoms with Crippen LogP contribution in [0.25, 0.3) is 11.0 Å². The molecule has 1 aromatic heterocycles. The van der Waals surface area contributed by atoms with Gasteiger partial charge in [0.05, 0.1) is 22.3 Å². The van der Waals surface area contributed by atoms with E-state index in [0.717, 1.165) is 24.0 Å². The highest BCUT2D eigenvalue weighted by Crippen LogP contribution is 2.12. The van der Waals surface area contributed by atoms with E-state index in [-0.39, 0.29) is 17.3 Å². The summed E-state index contributed by atoms with van der Waals surface area (Å²) >= 11 is 0. The summed E-state index contributed by atoms with van der Waals surface area (Å²) < 4.78 is 28.5. The lowest BCUT2D eigenvalue weighted by Crippen LogP contribution is -2.26. The van der Waals surface area contributed by atoms with Crippen molar-refractivity contribution in [3.05, 3.63) is 73.1 Å². The Hall–Kier alpha value is -2.97. The van der Waals surface area contributed by atoms with Crippen molar-refractivity contribution in [2.75, 3.05) is 13.1 Å². The van der Waals surface area contributed by atoms with Gasteiger partial charge in [0.25, 0.3) is 5.91 Å². The van der Waals surface area contributed by atoms with E-state index in [0.29, 0.717) is 12.1 Å². The van der Waals surface area contributed by atoms with Gasteiger partial charge in [-0.1, -0.05) is 18.2 Å². The summed E-state index contributed by atoms with van der Waals surface area (Å²) in [6.45, 7) is 4.88. The number of hydrogen-bond acceptors (Lipinski definition) is 4. The number of aryl methyl sites for hydroxylation is 1. The highest BCUT2D eigenvalue weighted by atomic mass is 32.2. The molecule has 146 valence electrons. The molecule has 8 heteroatoms. The molecule has 0 aliphatic carbocycles. The molecule has 0 aliphatic rings. The second kappa shape index (κ2) is 8.81. The molecule has 2 aromatic carbocycles. The Bertz CT molecular complexity index is 1070. The highest BCUT2D eigenvalue weighted by Gasteiger charge is 2.13. The first kappa shape index (κ1) is 19.8. The summed E-state index contributed by atoms with van der Waals surface area (Å²) in [7, 11) is -3.59. The monoisotopic (exact) mass is 398 g/mol. The fraction of sp³-hybridized carbons (Fsp3) is 0.200. The number of para-hydroxylation sites is 2. The van der Waals surface area contributed by atoms with Gasteiger partial charge in [0.1, 0.15) is 0 Å². The number of carbonyl (C=O) groups excluding carboxylic acids is 1. The van der Waals surface area contributed by atoms with E-state index >= 15 is 0 Å². The molecule has 0 unspecified atom stereocenters. The molecule has 0 bridgehead atoms. The van der Waals surface area contributed by atoms with Crippen molar-refractivity contribution in [2.45, 2.75) is 17.9 Å². The molecule has 28 heavy (non-hydrogen) atoms. The van der Waals surface area contributed by atoms with Crippen LogP contribution < -0.4 is 10.0 Å². The number of sulfonamides is 1. The van der Waals surface area contributed by atoms with Crippen LogP contribution in [0.2, 0.25) is 0 Å². The number of nitrogens with zero attached hydrogens (tertiary/aromatic N) is 2. The minimum absolute atomic E-state index is 0.109.